The van der Waals surface area contributed by atoms with Crippen LogP contribution in [0.5, 0.6) is 0 Å². The van der Waals surface area contributed by atoms with Gasteiger partial charge in [-0.3, -0.25) is 0 Å². The highest BCUT2D eigenvalue weighted by molar-refractivity contribution is 5.65. The summed E-state index contributed by atoms with van der Waals surface area (Å²) in [5.74, 6) is 0.949. The maximum Gasteiger partial charge on any atom is 0.407 e. The molecule has 3 fully saturated rings. The van der Waals surface area contributed by atoms with E-state index in [1.807, 2.05) is 0 Å². The average Bonchev–Trinajstić information content (AvgIpc) is 2.77. The molecule has 3 rings (SSSR count). The van der Waals surface area contributed by atoms with Crippen molar-refractivity contribution in [2.75, 3.05) is 19.7 Å². The lowest BCUT2D eigenvalue weighted by molar-refractivity contribution is 0.0690. The SMILES string of the molecule is O=C(O)N1C[C@H]2CC[C@@H](C1)[C@@]21CO1. The van der Waals surface area contributed by atoms with Crippen LogP contribution in [0.3, 0.4) is 0 Å². The van der Waals surface area contributed by atoms with E-state index < -0.39 is 6.09 Å². The highest BCUT2D eigenvalue weighted by Crippen LogP contribution is 2.54. The maximum atomic E-state index is 10.8. The summed E-state index contributed by atoms with van der Waals surface area (Å²) in [4.78, 5) is 12.3. The zero-order valence-electron chi connectivity index (χ0n) is 7.40. The van der Waals surface area contributed by atoms with Crippen LogP contribution in [0.1, 0.15) is 12.8 Å². The molecule has 0 aromatic heterocycles. The zero-order chi connectivity index (χ0) is 9.05. The lowest BCUT2D eigenvalue weighted by atomic mass is 9.86. The van der Waals surface area contributed by atoms with E-state index in [-0.39, 0.29) is 5.60 Å². The molecule has 2 heterocycles. The first-order valence-electron chi connectivity index (χ1n) is 4.84. The van der Waals surface area contributed by atoms with Gasteiger partial charge in [-0.2, -0.15) is 0 Å². The molecule has 1 aliphatic carbocycles. The number of hydrogen-bond donors (Lipinski definition) is 1. The van der Waals surface area contributed by atoms with Crippen molar-refractivity contribution < 1.29 is 14.6 Å². The molecule has 0 aromatic rings. The lowest BCUT2D eigenvalue weighted by Gasteiger charge is -2.34. The topological polar surface area (TPSA) is 53.1 Å². The molecule has 1 amide bonds. The summed E-state index contributed by atoms with van der Waals surface area (Å²) in [6.45, 7) is 2.24. The van der Waals surface area contributed by atoms with Crippen molar-refractivity contribution in [3.8, 4) is 0 Å². The van der Waals surface area contributed by atoms with E-state index in [1.54, 1.807) is 4.90 Å². The van der Waals surface area contributed by atoms with Crippen molar-refractivity contribution >= 4 is 6.09 Å². The summed E-state index contributed by atoms with van der Waals surface area (Å²) in [7, 11) is 0. The standard InChI is InChI=1S/C9H13NO3/c11-8(12)10-3-6-1-2-7(4-10)9(6)5-13-9/h6-7H,1-5H2,(H,11,12)/t6-,7+,9-. The first kappa shape index (κ1) is 7.62. The largest absolute Gasteiger partial charge is 0.465 e. The molecule has 4 nitrogen and oxygen atoms in total. The Morgan fingerprint density at radius 2 is 1.92 bits per heavy atom. The predicted molar refractivity (Wildman–Crippen MR) is 44.5 cm³/mol. The van der Waals surface area contributed by atoms with Crippen molar-refractivity contribution in [2.45, 2.75) is 18.4 Å². The van der Waals surface area contributed by atoms with Gasteiger partial charge in [0.1, 0.15) is 5.60 Å². The molecule has 2 saturated heterocycles. The lowest BCUT2D eigenvalue weighted by Crippen LogP contribution is -2.48. The van der Waals surface area contributed by atoms with Gasteiger partial charge >= 0.3 is 6.09 Å². The van der Waals surface area contributed by atoms with E-state index >= 15 is 0 Å². The molecule has 1 spiro atoms. The average molecular weight is 183 g/mol. The van der Waals surface area contributed by atoms with Gasteiger partial charge in [-0.1, -0.05) is 0 Å². The Balaban J connectivity index is 1.83. The molecule has 1 saturated carbocycles. The quantitative estimate of drug-likeness (QED) is 0.564. The third-order valence-electron chi connectivity index (χ3n) is 3.88. The summed E-state index contributed by atoms with van der Waals surface area (Å²) in [6.07, 6.45) is 1.52. The Bertz CT molecular complexity index is 246. The Labute approximate surface area is 76.5 Å². The summed E-state index contributed by atoms with van der Waals surface area (Å²) in [5, 5.41) is 8.88. The number of rotatable bonds is 0. The number of ether oxygens (including phenoxy) is 1. The number of amides is 1. The Kier molecular flexibility index (Phi) is 1.28. The molecule has 1 N–H and O–H groups in total. The van der Waals surface area contributed by atoms with Crippen LogP contribution in [0.15, 0.2) is 0 Å². The van der Waals surface area contributed by atoms with Crippen molar-refractivity contribution in [1.29, 1.82) is 0 Å². The summed E-state index contributed by atoms with van der Waals surface area (Å²) in [5.41, 5.74) is 0.117. The van der Waals surface area contributed by atoms with Crippen LogP contribution in [0.25, 0.3) is 0 Å². The minimum absolute atomic E-state index is 0.117. The predicted octanol–water partition coefficient (Wildman–Crippen LogP) is 0.775. The summed E-state index contributed by atoms with van der Waals surface area (Å²) in [6, 6.07) is 0. The van der Waals surface area contributed by atoms with Crippen molar-refractivity contribution in [3.05, 3.63) is 0 Å². The second-order valence-corrected chi connectivity index (χ2v) is 4.40. The van der Waals surface area contributed by atoms with Gasteiger partial charge in [-0.05, 0) is 12.8 Å². The number of carboxylic acid groups (broad SMARTS) is 1. The first-order chi connectivity index (χ1) is 6.22. The van der Waals surface area contributed by atoms with Crippen LogP contribution in [0.2, 0.25) is 0 Å². The van der Waals surface area contributed by atoms with Crippen LogP contribution in [-0.2, 0) is 4.74 Å². The van der Waals surface area contributed by atoms with E-state index in [0.29, 0.717) is 24.9 Å². The number of likely N-dealkylation sites (tertiary alicyclic amines) is 1. The fraction of sp³-hybridized carbons (Fsp3) is 0.889. The fourth-order valence-electron chi connectivity index (χ4n) is 3.03. The molecule has 72 valence electrons. The maximum absolute atomic E-state index is 10.8. The fourth-order valence-corrected chi connectivity index (χ4v) is 3.03. The number of piperidine rings is 1. The zero-order valence-corrected chi connectivity index (χ0v) is 7.40. The summed E-state index contributed by atoms with van der Waals surface area (Å²) >= 11 is 0. The van der Waals surface area contributed by atoms with Crippen LogP contribution >= 0.6 is 0 Å². The molecule has 13 heavy (non-hydrogen) atoms. The van der Waals surface area contributed by atoms with Gasteiger partial charge in [0.05, 0.1) is 6.61 Å². The molecule has 2 bridgehead atoms. The van der Waals surface area contributed by atoms with E-state index in [9.17, 15) is 4.79 Å². The molecule has 0 radical (unpaired) electrons. The monoisotopic (exact) mass is 183 g/mol. The van der Waals surface area contributed by atoms with E-state index in [2.05, 4.69) is 0 Å². The number of hydrogen-bond acceptors (Lipinski definition) is 2. The van der Waals surface area contributed by atoms with Crippen molar-refractivity contribution in [1.82, 2.24) is 4.90 Å². The molecule has 4 heteroatoms. The van der Waals surface area contributed by atoms with Crippen LogP contribution in [-0.4, -0.2) is 41.4 Å². The molecular weight excluding hydrogens is 170 g/mol. The highest BCUT2D eigenvalue weighted by Gasteiger charge is 2.63. The minimum Gasteiger partial charge on any atom is -0.465 e. The van der Waals surface area contributed by atoms with Gasteiger partial charge in [0.15, 0.2) is 0 Å². The number of epoxide rings is 1. The smallest absolute Gasteiger partial charge is 0.407 e. The molecule has 2 aliphatic heterocycles. The van der Waals surface area contributed by atoms with E-state index in [4.69, 9.17) is 9.84 Å². The van der Waals surface area contributed by atoms with Crippen molar-refractivity contribution in [3.63, 3.8) is 0 Å². The molecule has 3 atom stereocenters. The van der Waals surface area contributed by atoms with Gasteiger partial charge in [0.2, 0.25) is 0 Å². The minimum atomic E-state index is -0.771. The summed E-state index contributed by atoms with van der Waals surface area (Å²) < 4.78 is 5.53. The van der Waals surface area contributed by atoms with Gasteiger partial charge in [0.25, 0.3) is 0 Å². The number of nitrogens with zero attached hydrogens (tertiary/aromatic N) is 1. The second-order valence-electron chi connectivity index (χ2n) is 4.40. The van der Waals surface area contributed by atoms with Gasteiger partial charge in [-0.15, -0.1) is 0 Å². The van der Waals surface area contributed by atoms with Gasteiger partial charge in [0, 0.05) is 24.9 Å². The van der Waals surface area contributed by atoms with Gasteiger partial charge in [-0.25, -0.2) is 4.79 Å². The second kappa shape index (κ2) is 2.18. The van der Waals surface area contributed by atoms with Gasteiger partial charge < -0.3 is 14.7 Å². The molecular formula is C9H13NO3. The normalized spacial score (nSPS) is 46.9. The van der Waals surface area contributed by atoms with Crippen LogP contribution in [0.4, 0.5) is 4.79 Å². The van der Waals surface area contributed by atoms with Crippen molar-refractivity contribution in [2.24, 2.45) is 11.8 Å². The Hall–Kier alpha value is -0.770. The Morgan fingerprint density at radius 3 is 2.31 bits per heavy atom. The van der Waals surface area contributed by atoms with E-state index in [1.165, 1.54) is 0 Å². The van der Waals surface area contributed by atoms with E-state index in [0.717, 1.165) is 19.4 Å². The molecule has 0 unspecified atom stereocenters. The molecule has 3 aliphatic rings. The van der Waals surface area contributed by atoms with Crippen LogP contribution in [0, 0.1) is 11.8 Å². The third kappa shape index (κ3) is 0.866. The first-order valence-corrected chi connectivity index (χ1v) is 4.84. The van der Waals surface area contributed by atoms with Crippen LogP contribution < -0.4 is 0 Å². The molecule has 0 aromatic carbocycles. The number of carbonyl (C=O) groups is 1. The highest BCUT2D eigenvalue weighted by atomic mass is 16.6. The third-order valence-corrected chi connectivity index (χ3v) is 3.88. The Morgan fingerprint density at radius 1 is 1.38 bits per heavy atom.